The van der Waals surface area contributed by atoms with Crippen molar-refractivity contribution in [3.05, 3.63) is 0 Å². The van der Waals surface area contributed by atoms with E-state index in [1.54, 1.807) is 0 Å². The van der Waals surface area contributed by atoms with Gasteiger partial charge in [-0.05, 0) is 42.9 Å². The van der Waals surface area contributed by atoms with E-state index in [4.69, 9.17) is 5.73 Å². The quantitative estimate of drug-likeness (QED) is 0.704. The van der Waals surface area contributed by atoms with E-state index in [-0.39, 0.29) is 24.9 Å². The molecule has 0 heterocycles. The molecule has 2 amide bonds. The Morgan fingerprint density at radius 1 is 1.05 bits per heavy atom. The third kappa shape index (κ3) is 5.90. The van der Waals surface area contributed by atoms with Crippen molar-refractivity contribution in [1.29, 1.82) is 0 Å². The van der Waals surface area contributed by atoms with Crippen molar-refractivity contribution in [3.8, 4) is 0 Å². The van der Waals surface area contributed by atoms with Crippen LogP contribution >= 0.6 is 0 Å². The van der Waals surface area contributed by atoms with Gasteiger partial charge in [0.15, 0.2) is 0 Å². The molecule has 0 saturated heterocycles. The van der Waals surface area contributed by atoms with Crippen LogP contribution in [0.15, 0.2) is 0 Å². The highest BCUT2D eigenvalue weighted by Gasteiger charge is 2.29. The molecule has 0 atom stereocenters. The second-order valence-corrected chi connectivity index (χ2v) is 6.87. The molecule has 5 heteroatoms. The maximum atomic E-state index is 11.6. The first-order valence-corrected chi connectivity index (χ1v) is 7.56. The summed E-state index contributed by atoms with van der Waals surface area (Å²) in [7, 11) is 0. The zero-order chi connectivity index (χ0) is 15.2. The van der Waals surface area contributed by atoms with Crippen LogP contribution in [-0.4, -0.2) is 31.4 Å². The molecule has 0 bridgehead atoms. The zero-order valence-corrected chi connectivity index (χ0v) is 13.0. The van der Waals surface area contributed by atoms with Crippen LogP contribution in [0.5, 0.6) is 0 Å². The van der Waals surface area contributed by atoms with Crippen LogP contribution in [0.4, 0.5) is 0 Å². The Morgan fingerprint density at radius 2 is 1.65 bits per heavy atom. The van der Waals surface area contributed by atoms with Gasteiger partial charge in [-0.1, -0.05) is 20.8 Å². The molecule has 1 aliphatic rings. The summed E-state index contributed by atoms with van der Waals surface area (Å²) in [5.41, 5.74) is 5.54. The first-order chi connectivity index (χ1) is 9.32. The molecule has 0 unspecified atom stereocenters. The molecule has 0 aromatic carbocycles. The summed E-state index contributed by atoms with van der Waals surface area (Å²) in [5, 5.41) is 5.36. The molecule has 0 aliphatic heterocycles. The fourth-order valence-corrected chi connectivity index (χ4v) is 2.80. The fraction of sp³-hybridized carbons (Fsp3) is 0.867. The van der Waals surface area contributed by atoms with Crippen molar-refractivity contribution < 1.29 is 9.59 Å². The van der Waals surface area contributed by atoms with E-state index in [0.29, 0.717) is 17.9 Å². The Hall–Kier alpha value is -1.10. The van der Waals surface area contributed by atoms with E-state index in [1.807, 2.05) is 0 Å². The molecular weight excluding hydrogens is 254 g/mol. The van der Waals surface area contributed by atoms with Gasteiger partial charge in [-0.15, -0.1) is 0 Å². The minimum Gasteiger partial charge on any atom is -0.354 e. The van der Waals surface area contributed by atoms with Gasteiger partial charge in [0.25, 0.3) is 0 Å². The zero-order valence-electron chi connectivity index (χ0n) is 13.0. The van der Waals surface area contributed by atoms with Crippen molar-refractivity contribution in [2.75, 3.05) is 19.6 Å². The number of nitrogens with one attached hydrogen (secondary N) is 2. The Labute approximate surface area is 122 Å². The normalized spacial score (nSPS) is 23.2. The number of nitrogens with two attached hydrogens (primary N) is 1. The van der Waals surface area contributed by atoms with Gasteiger partial charge in [-0.25, -0.2) is 0 Å². The van der Waals surface area contributed by atoms with Gasteiger partial charge in [0.2, 0.25) is 11.8 Å². The van der Waals surface area contributed by atoms with Gasteiger partial charge < -0.3 is 16.4 Å². The van der Waals surface area contributed by atoms with Gasteiger partial charge in [-0.2, -0.15) is 0 Å². The molecular formula is C15H29N3O2. The molecule has 116 valence electrons. The minimum absolute atomic E-state index is 0.0212. The molecule has 0 aromatic rings. The Kier molecular flexibility index (Phi) is 6.46. The number of carbonyl (C=O) groups is 2. The van der Waals surface area contributed by atoms with Crippen LogP contribution in [0.2, 0.25) is 0 Å². The summed E-state index contributed by atoms with van der Waals surface area (Å²) < 4.78 is 0. The van der Waals surface area contributed by atoms with Crippen molar-refractivity contribution >= 4 is 11.8 Å². The minimum atomic E-state index is -0.300. The Balaban J connectivity index is 2.18. The third-order valence-electron chi connectivity index (χ3n) is 4.29. The number of rotatable bonds is 5. The third-order valence-corrected chi connectivity index (χ3v) is 4.29. The van der Waals surface area contributed by atoms with Gasteiger partial charge >= 0.3 is 0 Å². The fourth-order valence-electron chi connectivity index (χ4n) is 2.80. The van der Waals surface area contributed by atoms with Crippen LogP contribution in [0.1, 0.15) is 46.5 Å². The lowest BCUT2D eigenvalue weighted by Crippen LogP contribution is -2.41. The Morgan fingerprint density at radius 3 is 2.15 bits per heavy atom. The van der Waals surface area contributed by atoms with Crippen molar-refractivity contribution in [1.82, 2.24) is 10.6 Å². The maximum Gasteiger partial charge on any atom is 0.239 e. The van der Waals surface area contributed by atoms with Gasteiger partial charge in [0.05, 0.1) is 13.1 Å². The number of hydrogen-bond acceptors (Lipinski definition) is 3. The molecule has 0 aromatic heterocycles. The smallest absolute Gasteiger partial charge is 0.239 e. The lowest BCUT2D eigenvalue weighted by molar-refractivity contribution is -0.125. The van der Waals surface area contributed by atoms with Crippen LogP contribution in [0.3, 0.4) is 0 Å². The highest BCUT2D eigenvalue weighted by molar-refractivity contribution is 5.85. The maximum absolute atomic E-state index is 11.6. The van der Waals surface area contributed by atoms with E-state index in [2.05, 4.69) is 31.4 Å². The summed E-state index contributed by atoms with van der Waals surface area (Å²) in [6.45, 7) is 7.57. The molecule has 0 radical (unpaired) electrons. The van der Waals surface area contributed by atoms with Crippen molar-refractivity contribution in [2.45, 2.75) is 46.5 Å². The summed E-state index contributed by atoms with van der Waals surface area (Å²) >= 11 is 0. The number of amides is 2. The highest BCUT2D eigenvalue weighted by atomic mass is 16.2. The molecule has 0 spiro atoms. The first-order valence-electron chi connectivity index (χ1n) is 7.56. The molecule has 1 fully saturated rings. The van der Waals surface area contributed by atoms with E-state index < -0.39 is 0 Å². The molecule has 4 N–H and O–H groups in total. The largest absolute Gasteiger partial charge is 0.354 e. The number of hydrogen-bond donors (Lipinski definition) is 3. The predicted molar refractivity (Wildman–Crippen MR) is 80.0 cm³/mol. The van der Waals surface area contributed by atoms with Crippen LogP contribution in [0, 0.1) is 17.3 Å². The lowest BCUT2D eigenvalue weighted by Gasteiger charge is -2.37. The predicted octanol–water partition coefficient (Wildman–Crippen LogP) is 1.03. The van der Waals surface area contributed by atoms with Crippen LogP contribution < -0.4 is 16.4 Å². The van der Waals surface area contributed by atoms with E-state index in [1.165, 1.54) is 25.7 Å². The second-order valence-electron chi connectivity index (χ2n) is 6.87. The van der Waals surface area contributed by atoms with Crippen LogP contribution in [0.25, 0.3) is 0 Å². The SMILES string of the molecule is CC(C)(C)C1CCC(CNC(=O)CNC(=O)CN)CC1. The summed E-state index contributed by atoms with van der Waals surface area (Å²) in [5.74, 6) is 0.927. The topological polar surface area (TPSA) is 84.2 Å². The average Bonchev–Trinajstić information content (AvgIpc) is 2.41. The van der Waals surface area contributed by atoms with E-state index in [9.17, 15) is 9.59 Å². The Bertz CT molecular complexity index is 329. The highest BCUT2D eigenvalue weighted by Crippen LogP contribution is 2.39. The van der Waals surface area contributed by atoms with Gasteiger partial charge in [0, 0.05) is 6.54 Å². The number of carbonyl (C=O) groups excluding carboxylic acids is 2. The second kappa shape index (κ2) is 7.62. The molecule has 5 nitrogen and oxygen atoms in total. The standard InChI is InChI=1S/C15H29N3O2/c1-15(2,3)12-6-4-11(5-7-12)9-17-14(20)10-18-13(19)8-16/h11-12H,4-10,16H2,1-3H3,(H,17,20)(H,18,19). The lowest BCUT2D eigenvalue weighted by atomic mass is 9.70. The molecule has 1 aliphatic carbocycles. The molecule has 1 saturated carbocycles. The molecule has 1 rings (SSSR count). The average molecular weight is 283 g/mol. The van der Waals surface area contributed by atoms with Gasteiger partial charge in [0.1, 0.15) is 0 Å². The first kappa shape index (κ1) is 17.0. The van der Waals surface area contributed by atoms with Crippen molar-refractivity contribution in [3.63, 3.8) is 0 Å². The van der Waals surface area contributed by atoms with E-state index >= 15 is 0 Å². The van der Waals surface area contributed by atoms with Crippen molar-refractivity contribution in [2.24, 2.45) is 23.0 Å². The summed E-state index contributed by atoms with van der Waals surface area (Å²) in [4.78, 5) is 22.5. The van der Waals surface area contributed by atoms with Crippen LogP contribution in [-0.2, 0) is 9.59 Å². The summed E-state index contributed by atoms with van der Waals surface area (Å²) in [6, 6.07) is 0. The van der Waals surface area contributed by atoms with Gasteiger partial charge in [-0.3, -0.25) is 9.59 Å². The molecule has 20 heavy (non-hydrogen) atoms. The monoisotopic (exact) mass is 283 g/mol. The van der Waals surface area contributed by atoms with E-state index in [0.717, 1.165) is 5.92 Å². The summed E-state index contributed by atoms with van der Waals surface area (Å²) in [6.07, 6.45) is 4.84.